The van der Waals surface area contributed by atoms with Crippen molar-refractivity contribution in [1.82, 2.24) is 19.7 Å². The lowest BCUT2D eigenvalue weighted by Gasteiger charge is -2.37. The fraction of sp³-hybridized carbons (Fsp3) is 0.375. The number of esters is 1. The number of ether oxygens (including phenoxy) is 1. The first-order chi connectivity index (χ1) is 22.5. The molecule has 0 spiro atoms. The minimum Gasteiger partial charge on any atom is -0.554 e. The number of rotatable bonds is 9. The van der Waals surface area contributed by atoms with Crippen molar-refractivity contribution in [3.05, 3.63) is 86.5 Å². The molecule has 1 aromatic heterocycles. The maximum atomic E-state index is 13.6. The van der Waals surface area contributed by atoms with Gasteiger partial charge in [0.1, 0.15) is 12.6 Å². The van der Waals surface area contributed by atoms with Gasteiger partial charge in [0, 0.05) is 50.4 Å². The summed E-state index contributed by atoms with van der Waals surface area (Å²) in [5, 5.41) is 24.5. The Hall–Kier alpha value is -5.43. The third-order valence-corrected chi connectivity index (χ3v) is 7.80. The number of halogens is 3. The Labute approximate surface area is 274 Å². The number of methoxy groups -OCH3 is 1. The molecule has 4 rings (SSSR count). The van der Waals surface area contributed by atoms with E-state index in [1.165, 1.54) is 33.6 Å². The molecule has 0 aliphatic carbocycles. The highest BCUT2D eigenvalue weighted by molar-refractivity contribution is 5.93. The zero-order valence-corrected chi connectivity index (χ0v) is 27.3. The van der Waals surface area contributed by atoms with Crippen LogP contribution in [-0.2, 0) is 31.8 Å². The highest BCUT2D eigenvalue weighted by Gasteiger charge is 2.41. The van der Waals surface area contributed by atoms with E-state index in [0.29, 0.717) is 47.1 Å². The van der Waals surface area contributed by atoms with E-state index >= 15 is 0 Å². The standard InChI is InChI=1S/C31H34F3N7O4.CH2O2/c1-19-26(28(43)45-6)27(40-29(36-37-30(40)44)39(19)23-10-7-9-22(16-23)31(32,33)34)24-13-12-20(17-35)15-21(24)18-41(4,5)14-8-11-25(42)38(2)3;2-1-3/h7,9-10,12-13,15-16,27H,8,11,14,18H2,1-6H3;1H,(H,2,3). The number of benzene rings is 2. The Bertz CT molecular complexity index is 1800. The number of allylic oxidation sites excluding steroid dienone is 1. The zero-order valence-electron chi connectivity index (χ0n) is 27.3. The number of anilines is 2. The number of nitrogens with zero attached hydrogens (tertiary/aromatic N) is 6. The fourth-order valence-corrected chi connectivity index (χ4v) is 5.58. The van der Waals surface area contributed by atoms with Gasteiger partial charge in [-0.1, -0.05) is 12.1 Å². The largest absolute Gasteiger partial charge is 0.554 e. The molecular weight excluding hydrogens is 635 g/mol. The van der Waals surface area contributed by atoms with Gasteiger partial charge in [0.25, 0.3) is 0 Å². The molecule has 0 saturated heterocycles. The molecule has 16 heteroatoms. The second-order valence-electron chi connectivity index (χ2n) is 11.8. The number of nitrogens with one attached hydrogen (secondary N) is 1. The molecule has 3 aromatic rings. The van der Waals surface area contributed by atoms with Crippen LogP contribution in [0, 0.1) is 11.3 Å². The maximum Gasteiger partial charge on any atom is 0.416 e. The number of nitriles is 1. The van der Waals surface area contributed by atoms with E-state index in [-0.39, 0.29) is 28.8 Å². The number of alkyl halides is 3. The summed E-state index contributed by atoms with van der Waals surface area (Å²) in [5.74, 6) is -0.815. The van der Waals surface area contributed by atoms with E-state index in [1.54, 1.807) is 39.2 Å². The van der Waals surface area contributed by atoms with Crippen LogP contribution >= 0.6 is 0 Å². The lowest BCUT2D eigenvalue weighted by atomic mass is 9.89. The van der Waals surface area contributed by atoms with Crippen LogP contribution in [0.1, 0.15) is 48.1 Å². The van der Waals surface area contributed by atoms with Gasteiger partial charge in [-0.15, -0.1) is 5.10 Å². The van der Waals surface area contributed by atoms with Crippen LogP contribution in [0.3, 0.4) is 0 Å². The number of amides is 1. The Morgan fingerprint density at radius 1 is 1.21 bits per heavy atom. The van der Waals surface area contributed by atoms with E-state index in [4.69, 9.17) is 14.6 Å². The highest BCUT2D eigenvalue weighted by Crippen LogP contribution is 2.43. The van der Waals surface area contributed by atoms with Crippen LogP contribution in [0.5, 0.6) is 0 Å². The van der Waals surface area contributed by atoms with Crippen LogP contribution in [0.4, 0.5) is 24.8 Å². The van der Waals surface area contributed by atoms with Crippen molar-refractivity contribution >= 4 is 30.0 Å². The molecule has 1 aliphatic heterocycles. The Balaban J connectivity index is 0.00000201. The number of hydrogen-bond donors (Lipinski definition) is 1. The Morgan fingerprint density at radius 2 is 1.88 bits per heavy atom. The smallest absolute Gasteiger partial charge is 0.416 e. The summed E-state index contributed by atoms with van der Waals surface area (Å²) in [6.07, 6.45) is -3.68. The number of aromatic nitrogens is 3. The summed E-state index contributed by atoms with van der Waals surface area (Å²) in [4.78, 5) is 50.1. The first kappa shape index (κ1) is 37.0. The van der Waals surface area contributed by atoms with Crippen molar-refractivity contribution in [1.29, 1.82) is 5.26 Å². The van der Waals surface area contributed by atoms with Crippen molar-refractivity contribution in [2.24, 2.45) is 0 Å². The van der Waals surface area contributed by atoms with Crippen LogP contribution in [0.15, 0.2) is 58.5 Å². The molecule has 0 radical (unpaired) electrons. The highest BCUT2D eigenvalue weighted by atomic mass is 19.4. The summed E-state index contributed by atoms with van der Waals surface area (Å²) in [6.45, 7) is 2.02. The molecule has 48 heavy (non-hydrogen) atoms. The van der Waals surface area contributed by atoms with Gasteiger partial charge >= 0.3 is 17.8 Å². The van der Waals surface area contributed by atoms with Crippen molar-refractivity contribution < 1.29 is 41.9 Å². The molecule has 13 nitrogen and oxygen atoms in total. The SMILES string of the molecule is COC(=O)C1=C(C)N(c2cccc(C(F)(F)F)c2)c2n[nH]c(=O)n2C1c1ccc(C#N)cc1C[N+](C)(C)CCCC(=O)N(C)C.O=C[O-]. The van der Waals surface area contributed by atoms with E-state index in [9.17, 15) is 32.8 Å². The van der Waals surface area contributed by atoms with Gasteiger partial charge in [0.05, 0.1) is 50.5 Å². The van der Waals surface area contributed by atoms with Gasteiger partial charge in [-0.05, 0) is 42.8 Å². The Morgan fingerprint density at radius 3 is 2.46 bits per heavy atom. The van der Waals surface area contributed by atoms with Crippen molar-refractivity contribution in [3.8, 4) is 6.07 Å². The number of carbonyl (C=O) groups is 3. The maximum absolute atomic E-state index is 13.6. The van der Waals surface area contributed by atoms with Crippen molar-refractivity contribution in [3.63, 3.8) is 0 Å². The number of hydrogen-bond acceptors (Lipinski definition) is 9. The molecule has 1 atom stereocenters. The lowest BCUT2D eigenvalue weighted by Crippen LogP contribution is -2.41. The van der Waals surface area contributed by atoms with Gasteiger partial charge in [0.2, 0.25) is 11.9 Å². The molecule has 2 heterocycles. The number of carbonyl (C=O) groups excluding carboxylic acids is 3. The number of quaternary nitrogens is 1. The molecule has 0 bridgehead atoms. The van der Waals surface area contributed by atoms with Gasteiger partial charge in [-0.3, -0.25) is 9.69 Å². The molecule has 256 valence electrons. The molecular formula is C32H36F3N7O6. The molecule has 0 fully saturated rings. The molecule has 1 aliphatic rings. The van der Waals surface area contributed by atoms with Crippen LogP contribution in [0.25, 0.3) is 0 Å². The fourth-order valence-electron chi connectivity index (χ4n) is 5.58. The van der Waals surface area contributed by atoms with Crippen molar-refractivity contribution in [2.45, 2.75) is 38.5 Å². The number of fused-ring (bicyclic) bond motifs is 1. The van der Waals surface area contributed by atoms with Crippen LogP contribution in [0.2, 0.25) is 0 Å². The summed E-state index contributed by atoms with van der Waals surface area (Å²) in [6, 6.07) is 10.5. The number of carboxylic acid groups (broad SMARTS) is 1. The second-order valence-corrected chi connectivity index (χ2v) is 11.8. The molecule has 1 N–H and O–H groups in total. The normalized spacial score (nSPS) is 14.3. The van der Waals surface area contributed by atoms with E-state index in [2.05, 4.69) is 16.3 Å². The third kappa shape index (κ3) is 8.10. The first-order valence-electron chi connectivity index (χ1n) is 14.5. The minimum absolute atomic E-state index is 0.00453. The van der Waals surface area contributed by atoms with Gasteiger partial charge in [0.15, 0.2) is 0 Å². The second kappa shape index (κ2) is 15.0. The Kier molecular flexibility index (Phi) is 11.6. The van der Waals surface area contributed by atoms with Crippen LogP contribution in [-0.4, -0.2) is 84.3 Å². The monoisotopic (exact) mass is 671 g/mol. The quantitative estimate of drug-likeness (QED) is 0.204. The number of aromatic amines is 1. The molecule has 1 amide bonds. The minimum atomic E-state index is -4.63. The van der Waals surface area contributed by atoms with E-state index < -0.39 is 35.9 Å². The summed E-state index contributed by atoms with van der Waals surface area (Å²) >= 11 is 0. The van der Waals surface area contributed by atoms with Crippen molar-refractivity contribution in [2.75, 3.05) is 46.7 Å². The number of H-pyrrole nitrogens is 1. The summed E-state index contributed by atoms with van der Waals surface area (Å²) < 4.78 is 47.7. The topological polar surface area (TPSA) is 164 Å². The average Bonchev–Trinajstić information content (AvgIpc) is 3.40. The molecule has 0 saturated carbocycles. The lowest BCUT2D eigenvalue weighted by molar-refractivity contribution is -0.903. The summed E-state index contributed by atoms with van der Waals surface area (Å²) in [7, 11) is 8.51. The molecule has 2 aromatic carbocycles. The van der Waals surface area contributed by atoms with Gasteiger partial charge in [-0.2, -0.15) is 18.4 Å². The van der Waals surface area contributed by atoms with Gasteiger partial charge in [-0.25, -0.2) is 19.3 Å². The van der Waals surface area contributed by atoms with E-state index in [0.717, 1.165) is 12.1 Å². The molecule has 1 unspecified atom stereocenters. The predicted molar refractivity (Wildman–Crippen MR) is 165 cm³/mol. The van der Waals surface area contributed by atoms with E-state index in [1.807, 2.05) is 14.1 Å². The first-order valence-corrected chi connectivity index (χ1v) is 14.5. The summed E-state index contributed by atoms with van der Waals surface area (Å²) in [5.41, 5.74) is 0.169. The van der Waals surface area contributed by atoms with Gasteiger partial charge < -0.3 is 24.0 Å². The predicted octanol–water partition coefficient (Wildman–Crippen LogP) is 2.46. The average molecular weight is 672 g/mol. The van der Waals surface area contributed by atoms with Crippen LogP contribution < -0.4 is 15.7 Å². The third-order valence-electron chi connectivity index (χ3n) is 7.80. The zero-order chi connectivity index (χ0) is 36.0.